The zero-order chi connectivity index (χ0) is 18.7. The van der Waals surface area contributed by atoms with Gasteiger partial charge in [0.15, 0.2) is 0 Å². The van der Waals surface area contributed by atoms with Gasteiger partial charge in [-0.1, -0.05) is 49.0 Å². The monoisotopic (exact) mass is 369 g/mol. The molecule has 1 fully saturated rings. The third kappa shape index (κ3) is 4.36. The second kappa shape index (κ2) is 7.66. The summed E-state index contributed by atoms with van der Waals surface area (Å²) in [6, 6.07) is 18.4. The van der Waals surface area contributed by atoms with E-state index < -0.39 is 8.32 Å². The van der Waals surface area contributed by atoms with Gasteiger partial charge in [-0.05, 0) is 49.3 Å². The number of nitrogens with zero attached hydrogens (tertiary/aromatic N) is 1. The van der Waals surface area contributed by atoms with Gasteiger partial charge < -0.3 is 4.74 Å². The summed E-state index contributed by atoms with van der Waals surface area (Å²) >= 11 is 0. The summed E-state index contributed by atoms with van der Waals surface area (Å²) in [5.74, 6) is 0.970. The van der Waals surface area contributed by atoms with Gasteiger partial charge in [0.05, 0.1) is 12.8 Å². The van der Waals surface area contributed by atoms with Crippen molar-refractivity contribution < 1.29 is 14.1 Å². The highest BCUT2D eigenvalue weighted by atomic mass is 28.4. The highest BCUT2D eigenvalue weighted by Crippen LogP contribution is 2.43. The first-order chi connectivity index (χ1) is 12.4. The second-order valence-corrected chi connectivity index (χ2v) is 11.9. The fourth-order valence-corrected chi connectivity index (χ4v) is 3.72. The van der Waals surface area contributed by atoms with Crippen molar-refractivity contribution in [1.82, 2.24) is 5.23 Å². The van der Waals surface area contributed by atoms with Gasteiger partial charge in [0.25, 0.3) is 0 Å². The largest absolute Gasteiger partial charge is 0.497 e. The van der Waals surface area contributed by atoms with Crippen LogP contribution in [0.5, 0.6) is 5.75 Å². The number of hydrogen-bond acceptors (Lipinski definition) is 4. The Kier molecular flexibility index (Phi) is 5.51. The molecule has 1 aliphatic heterocycles. The number of benzene rings is 2. The molecule has 0 N–H and O–H groups in total. The smallest absolute Gasteiger partial charge is 0.223 e. The molecule has 0 bridgehead atoms. The van der Waals surface area contributed by atoms with E-state index in [-0.39, 0.29) is 12.0 Å². The van der Waals surface area contributed by atoms with E-state index in [0.29, 0.717) is 0 Å². The Hall–Kier alpha value is -2.08. The molecule has 2 aromatic carbocycles. The van der Waals surface area contributed by atoms with Crippen LogP contribution in [0.15, 0.2) is 66.9 Å². The van der Waals surface area contributed by atoms with Crippen LogP contribution in [-0.2, 0) is 9.36 Å². The lowest BCUT2D eigenvalue weighted by Crippen LogP contribution is -2.41. The molecule has 0 spiro atoms. The zero-order valence-electron chi connectivity index (χ0n) is 15.9. The van der Waals surface area contributed by atoms with E-state index in [1.807, 2.05) is 30.3 Å². The fraction of sp³-hybridized carbons (Fsp3) is 0.333. The van der Waals surface area contributed by atoms with Crippen LogP contribution in [0.1, 0.15) is 29.6 Å². The summed E-state index contributed by atoms with van der Waals surface area (Å²) < 4.78 is 11.4. The van der Waals surface area contributed by atoms with E-state index in [1.54, 1.807) is 12.3 Å². The van der Waals surface area contributed by atoms with Crippen LogP contribution in [0.4, 0.5) is 0 Å². The van der Waals surface area contributed by atoms with Crippen molar-refractivity contribution in [3.8, 4) is 5.75 Å². The fourth-order valence-electron chi connectivity index (χ4n) is 3.06. The Bertz CT molecular complexity index is 740. The first kappa shape index (κ1) is 18.7. The van der Waals surface area contributed by atoms with Gasteiger partial charge in [0.1, 0.15) is 11.9 Å². The van der Waals surface area contributed by atoms with Gasteiger partial charge >= 0.3 is 0 Å². The Labute approximate surface area is 157 Å². The number of ether oxygens (including phenoxy) is 1. The maximum absolute atomic E-state index is 6.18. The first-order valence-electron chi connectivity index (χ1n) is 8.91. The molecule has 4 nitrogen and oxygen atoms in total. The van der Waals surface area contributed by atoms with Gasteiger partial charge in [-0.3, -0.25) is 4.53 Å². The molecule has 0 aliphatic carbocycles. The van der Waals surface area contributed by atoms with Crippen molar-refractivity contribution in [1.29, 1.82) is 0 Å². The molecule has 138 valence electrons. The molecule has 0 aromatic heterocycles. The van der Waals surface area contributed by atoms with E-state index in [1.165, 1.54) is 5.56 Å². The molecule has 2 aromatic rings. The molecule has 5 heteroatoms. The Morgan fingerprint density at radius 1 is 1.00 bits per heavy atom. The molecule has 1 heterocycles. The van der Waals surface area contributed by atoms with Crippen LogP contribution < -0.4 is 4.74 Å². The average Bonchev–Trinajstić information content (AvgIpc) is 2.63. The minimum absolute atomic E-state index is 0.0786. The van der Waals surface area contributed by atoms with Crippen LogP contribution in [0.3, 0.4) is 0 Å². The van der Waals surface area contributed by atoms with Gasteiger partial charge in [-0.2, -0.15) is 0 Å². The number of hydroxylamine groups is 2. The maximum atomic E-state index is 6.18. The van der Waals surface area contributed by atoms with Crippen molar-refractivity contribution in [3.63, 3.8) is 0 Å². The second-order valence-electron chi connectivity index (χ2n) is 7.52. The van der Waals surface area contributed by atoms with E-state index in [2.05, 4.69) is 50.5 Å². The topological polar surface area (TPSA) is 30.9 Å². The normalized spacial score (nSPS) is 20.9. The predicted octanol–water partition coefficient (Wildman–Crippen LogP) is 5.44. The molecule has 0 unspecified atom stereocenters. The van der Waals surface area contributed by atoms with Gasteiger partial charge in [0, 0.05) is 5.92 Å². The minimum atomic E-state index is -1.84. The molecule has 2 atom stereocenters. The van der Waals surface area contributed by atoms with Crippen molar-refractivity contribution in [2.45, 2.75) is 38.1 Å². The summed E-state index contributed by atoms with van der Waals surface area (Å²) in [5.41, 5.74) is 3.16. The summed E-state index contributed by atoms with van der Waals surface area (Å²) in [6.45, 7) is 10.7. The molecule has 0 saturated carbocycles. The number of allylic oxidation sites excluding steroid dienone is 1. The summed E-state index contributed by atoms with van der Waals surface area (Å²) in [7, 11) is -0.164. The number of hydrogen-bond donors (Lipinski definition) is 0. The summed E-state index contributed by atoms with van der Waals surface area (Å²) in [6.07, 6.45) is 0.742. The van der Waals surface area contributed by atoms with Crippen molar-refractivity contribution in [2.24, 2.45) is 0 Å². The third-order valence-corrected chi connectivity index (χ3v) is 5.07. The molecular formula is C21H27NO3Si. The average molecular weight is 370 g/mol. The molecule has 1 aliphatic rings. The molecule has 3 rings (SSSR count). The number of methoxy groups -OCH3 is 1. The minimum Gasteiger partial charge on any atom is -0.497 e. The Morgan fingerprint density at radius 2 is 1.65 bits per heavy atom. The van der Waals surface area contributed by atoms with E-state index in [0.717, 1.165) is 23.4 Å². The van der Waals surface area contributed by atoms with Crippen molar-refractivity contribution >= 4 is 8.32 Å². The lowest BCUT2D eigenvalue weighted by atomic mass is 9.87. The zero-order valence-corrected chi connectivity index (χ0v) is 16.9. The third-order valence-electron chi connectivity index (χ3n) is 4.36. The summed E-state index contributed by atoms with van der Waals surface area (Å²) in [5, 5.41) is 1.57. The highest BCUT2D eigenvalue weighted by Gasteiger charge is 2.36. The van der Waals surface area contributed by atoms with Crippen LogP contribution in [0, 0.1) is 0 Å². The van der Waals surface area contributed by atoms with Crippen LogP contribution in [-0.4, -0.2) is 20.7 Å². The highest BCUT2D eigenvalue weighted by molar-refractivity contribution is 6.69. The maximum Gasteiger partial charge on any atom is 0.223 e. The van der Waals surface area contributed by atoms with Crippen LogP contribution in [0.2, 0.25) is 19.6 Å². The lowest BCUT2D eigenvalue weighted by Gasteiger charge is -2.41. The standard InChI is InChI=1S/C21H27NO3Si/c1-16-20(17-11-13-19(23-2)14-12-17)15-21(18-9-7-6-8-10-18)24-22(16)25-26(3,4)5/h6-14,20-21H,1,15H2,2-5H3/t20-,21-/m1/s1. The van der Waals surface area contributed by atoms with Crippen molar-refractivity contribution in [3.05, 3.63) is 78.0 Å². The van der Waals surface area contributed by atoms with Gasteiger partial charge in [-0.15, -0.1) is 5.23 Å². The molecular weight excluding hydrogens is 342 g/mol. The van der Waals surface area contributed by atoms with E-state index >= 15 is 0 Å². The molecule has 26 heavy (non-hydrogen) atoms. The first-order valence-corrected chi connectivity index (χ1v) is 12.3. The molecule has 0 amide bonds. The van der Waals surface area contributed by atoms with Gasteiger partial charge in [-0.25, -0.2) is 4.84 Å². The summed E-state index contributed by atoms with van der Waals surface area (Å²) in [4.78, 5) is 6.18. The Balaban J connectivity index is 1.91. The predicted molar refractivity (Wildman–Crippen MR) is 106 cm³/mol. The van der Waals surface area contributed by atoms with Crippen LogP contribution >= 0.6 is 0 Å². The van der Waals surface area contributed by atoms with Crippen molar-refractivity contribution in [2.75, 3.05) is 7.11 Å². The SMILES string of the molecule is C=C1[C@H](c2ccc(OC)cc2)C[C@H](c2ccccc2)ON1O[Si](C)(C)C. The van der Waals surface area contributed by atoms with Crippen LogP contribution in [0.25, 0.3) is 0 Å². The Morgan fingerprint density at radius 3 is 2.23 bits per heavy atom. The number of rotatable bonds is 5. The molecule has 0 radical (unpaired) electrons. The molecule has 1 saturated heterocycles. The quantitative estimate of drug-likeness (QED) is 0.657. The van der Waals surface area contributed by atoms with Gasteiger partial charge in [0.2, 0.25) is 8.32 Å². The van der Waals surface area contributed by atoms with E-state index in [9.17, 15) is 0 Å². The lowest BCUT2D eigenvalue weighted by molar-refractivity contribution is -0.342. The van der Waals surface area contributed by atoms with E-state index in [4.69, 9.17) is 14.1 Å².